The molecule has 1 N–H and O–H groups in total. The number of amides is 1. The Bertz CT molecular complexity index is 1110. The summed E-state index contributed by atoms with van der Waals surface area (Å²) in [6.45, 7) is 4.35. The summed E-state index contributed by atoms with van der Waals surface area (Å²) in [5.41, 5.74) is 1.81. The molecule has 3 aromatic rings. The quantitative estimate of drug-likeness (QED) is 0.564. The highest BCUT2D eigenvalue weighted by Gasteiger charge is 2.21. The van der Waals surface area contributed by atoms with E-state index in [1.807, 2.05) is 23.6 Å². The molecule has 6 nitrogen and oxygen atoms in total. The maximum atomic E-state index is 12.5. The van der Waals surface area contributed by atoms with Gasteiger partial charge in [-0.3, -0.25) is 10.1 Å². The monoisotopic (exact) mass is 449 g/mol. The lowest BCUT2D eigenvalue weighted by Gasteiger charge is -2.18. The third kappa shape index (κ3) is 4.67. The van der Waals surface area contributed by atoms with Gasteiger partial charge in [0.2, 0.25) is 10.0 Å². The molecule has 0 fully saturated rings. The Morgan fingerprint density at radius 1 is 1.10 bits per heavy atom. The van der Waals surface area contributed by atoms with Gasteiger partial charge in [-0.2, -0.15) is 4.31 Å². The number of nitrogens with zero attached hydrogens (tertiary/aromatic N) is 2. The van der Waals surface area contributed by atoms with Gasteiger partial charge in [-0.25, -0.2) is 13.4 Å². The highest BCUT2D eigenvalue weighted by Crippen LogP contribution is 2.30. The predicted molar refractivity (Wildman–Crippen MR) is 117 cm³/mol. The molecule has 0 saturated carbocycles. The summed E-state index contributed by atoms with van der Waals surface area (Å²) in [4.78, 5) is 17.1. The number of nitrogens with one attached hydrogen (secondary N) is 1. The lowest BCUT2D eigenvalue weighted by molar-refractivity contribution is 0.102. The number of halogens is 1. The van der Waals surface area contributed by atoms with E-state index < -0.39 is 10.0 Å². The molecule has 0 spiro atoms. The van der Waals surface area contributed by atoms with E-state index in [4.69, 9.17) is 11.6 Å². The minimum Gasteiger partial charge on any atom is -0.298 e. The summed E-state index contributed by atoms with van der Waals surface area (Å²) in [7, 11) is -3.56. The minimum atomic E-state index is -3.56. The van der Waals surface area contributed by atoms with Crippen molar-refractivity contribution in [1.29, 1.82) is 0 Å². The zero-order valence-electron chi connectivity index (χ0n) is 15.9. The van der Waals surface area contributed by atoms with E-state index in [9.17, 15) is 13.2 Å². The van der Waals surface area contributed by atoms with Crippen molar-refractivity contribution in [3.63, 3.8) is 0 Å². The van der Waals surface area contributed by atoms with E-state index in [0.717, 1.165) is 5.56 Å². The van der Waals surface area contributed by atoms with Crippen LogP contribution in [0.25, 0.3) is 11.3 Å². The topological polar surface area (TPSA) is 79.4 Å². The maximum absolute atomic E-state index is 12.5. The van der Waals surface area contributed by atoms with Crippen LogP contribution >= 0.6 is 22.9 Å². The smallest absolute Gasteiger partial charge is 0.257 e. The molecule has 2 aromatic carbocycles. The van der Waals surface area contributed by atoms with Gasteiger partial charge >= 0.3 is 0 Å². The zero-order chi connectivity index (χ0) is 21.0. The number of aromatic nitrogens is 1. The Kier molecular flexibility index (Phi) is 6.69. The standard InChI is InChI=1S/C20H20ClN3O3S2/c1-3-24(4-2)29(26,27)15-11-9-14(10-12-15)19(25)23-20-22-18(13-28-20)16-7-5-6-8-17(16)21/h5-13H,3-4H2,1-2H3,(H,22,23,25). The summed E-state index contributed by atoms with van der Waals surface area (Å²) < 4.78 is 26.4. The van der Waals surface area contributed by atoms with Crippen LogP contribution in [-0.4, -0.2) is 36.7 Å². The Morgan fingerprint density at radius 3 is 2.38 bits per heavy atom. The van der Waals surface area contributed by atoms with Gasteiger partial charge in [0.25, 0.3) is 5.91 Å². The molecule has 1 amide bonds. The maximum Gasteiger partial charge on any atom is 0.257 e. The Labute approximate surface area is 179 Å². The van der Waals surface area contributed by atoms with Crippen LogP contribution in [0.5, 0.6) is 0 Å². The van der Waals surface area contributed by atoms with Crippen LogP contribution in [-0.2, 0) is 10.0 Å². The third-order valence-electron chi connectivity index (χ3n) is 4.33. The van der Waals surface area contributed by atoms with E-state index in [-0.39, 0.29) is 10.8 Å². The number of hydrogen-bond donors (Lipinski definition) is 1. The van der Waals surface area contributed by atoms with Crippen LogP contribution < -0.4 is 5.32 Å². The number of anilines is 1. The van der Waals surface area contributed by atoms with Crippen LogP contribution in [0.4, 0.5) is 5.13 Å². The number of benzene rings is 2. The van der Waals surface area contributed by atoms with Gasteiger partial charge in [-0.1, -0.05) is 43.6 Å². The number of sulfonamides is 1. The number of hydrogen-bond acceptors (Lipinski definition) is 5. The van der Waals surface area contributed by atoms with Gasteiger partial charge in [0, 0.05) is 34.6 Å². The average molecular weight is 450 g/mol. The van der Waals surface area contributed by atoms with Crippen molar-refractivity contribution in [2.24, 2.45) is 0 Å². The van der Waals surface area contributed by atoms with Crippen molar-refractivity contribution in [2.45, 2.75) is 18.7 Å². The van der Waals surface area contributed by atoms with Crippen molar-refractivity contribution in [2.75, 3.05) is 18.4 Å². The molecule has 0 atom stereocenters. The van der Waals surface area contributed by atoms with Gasteiger partial charge in [0.1, 0.15) is 0 Å². The van der Waals surface area contributed by atoms with E-state index in [1.165, 1.54) is 39.9 Å². The summed E-state index contributed by atoms with van der Waals surface area (Å²) in [5.74, 6) is -0.364. The number of thiazole rings is 1. The third-order valence-corrected chi connectivity index (χ3v) is 7.49. The Morgan fingerprint density at radius 2 is 1.76 bits per heavy atom. The summed E-state index contributed by atoms with van der Waals surface area (Å²) >= 11 is 7.48. The van der Waals surface area contributed by atoms with Crippen molar-refractivity contribution in [3.8, 4) is 11.3 Å². The Balaban J connectivity index is 1.75. The highest BCUT2D eigenvalue weighted by atomic mass is 35.5. The molecule has 0 aliphatic carbocycles. The summed E-state index contributed by atoms with van der Waals surface area (Å²) in [5, 5.41) is 5.57. The molecule has 0 radical (unpaired) electrons. The first kappa shape index (κ1) is 21.4. The van der Waals surface area contributed by atoms with Gasteiger partial charge in [0.05, 0.1) is 10.6 Å². The van der Waals surface area contributed by atoms with Crippen LogP contribution in [0.1, 0.15) is 24.2 Å². The summed E-state index contributed by atoms with van der Waals surface area (Å²) in [6, 6.07) is 13.2. The van der Waals surface area contributed by atoms with Crippen LogP contribution in [0.3, 0.4) is 0 Å². The first-order valence-electron chi connectivity index (χ1n) is 8.98. The van der Waals surface area contributed by atoms with Crippen LogP contribution in [0.2, 0.25) is 5.02 Å². The van der Waals surface area contributed by atoms with E-state index in [1.54, 1.807) is 19.9 Å². The molecular weight excluding hydrogens is 430 g/mol. The number of rotatable bonds is 7. The van der Waals surface area contributed by atoms with Crippen molar-refractivity contribution in [1.82, 2.24) is 9.29 Å². The second kappa shape index (κ2) is 9.04. The molecule has 1 heterocycles. The molecule has 0 aliphatic rings. The van der Waals surface area contributed by atoms with Gasteiger partial charge in [-0.05, 0) is 30.3 Å². The fraction of sp³-hybridized carbons (Fsp3) is 0.200. The van der Waals surface area contributed by atoms with Gasteiger partial charge in [0.15, 0.2) is 5.13 Å². The van der Waals surface area contributed by atoms with E-state index in [2.05, 4.69) is 10.3 Å². The molecular formula is C20H20ClN3O3S2. The normalized spacial score (nSPS) is 11.6. The molecule has 0 bridgehead atoms. The number of carbonyl (C=O) groups excluding carboxylic acids is 1. The van der Waals surface area contributed by atoms with E-state index >= 15 is 0 Å². The molecule has 29 heavy (non-hydrogen) atoms. The summed E-state index contributed by atoms with van der Waals surface area (Å²) in [6.07, 6.45) is 0. The van der Waals surface area contributed by atoms with Gasteiger partial charge < -0.3 is 0 Å². The highest BCUT2D eigenvalue weighted by molar-refractivity contribution is 7.89. The van der Waals surface area contributed by atoms with Gasteiger partial charge in [-0.15, -0.1) is 11.3 Å². The lowest BCUT2D eigenvalue weighted by atomic mass is 10.2. The molecule has 3 rings (SSSR count). The first-order valence-corrected chi connectivity index (χ1v) is 11.7. The fourth-order valence-corrected chi connectivity index (χ4v) is 5.18. The zero-order valence-corrected chi connectivity index (χ0v) is 18.3. The SMILES string of the molecule is CCN(CC)S(=O)(=O)c1ccc(C(=O)Nc2nc(-c3ccccc3Cl)cs2)cc1. The average Bonchev–Trinajstić information content (AvgIpc) is 3.17. The fourth-order valence-electron chi connectivity index (χ4n) is 2.78. The molecule has 1 aromatic heterocycles. The Hall–Kier alpha value is -2.26. The molecule has 9 heteroatoms. The van der Waals surface area contributed by atoms with Crippen LogP contribution in [0.15, 0.2) is 58.8 Å². The van der Waals surface area contributed by atoms with Crippen molar-refractivity contribution >= 4 is 44.0 Å². The second-order valence-corrected chi connectivity index (χ2v) is 9.29. The largest absolute Gasteiger partial charge is 0.298 e. The lowest BCUT2D eigenvalue weighted by Crippen LogP contribution is -2.30. The van der Waals surface area contributed by atoms with Crippen molar-refractivity contribution < 1.29 is 13.2 Å². The minimum absolute atomic E-state index is 0.160. The van der Waals surface area contributed by atoms with Crippen molar-refractivity contribution in [3.05, 3.63) is 64.5 Å². The molecule has 0 unspecified atom stereocenters. The molecule has 152 valence electrons. The van der Waals surface area contributed by atoms with E-state index in [0.29, 0.717) is 34.5 Å². The first-order chi connectivity index (χ1) is 13.9. The predicted octanol–water partition coefficient (Wildman–Crippen LogP) is 4.75. The second-order valence-electron chi connectivity index (χ2n) is 6.09. The molecule has 0 saturated heterocycles. The molecule has 0 aliphatic heterocycles. The van der Waals surface area contributed by atoms with Crippen LogP contribution in [0, 0.1) is 0 Å². The number of carbonyl (C=O) groups is 1.